The Hall–Kier alpha value is -3.40. The lowest BCUT2D eigenvalue weighted by atomic mass is 9.86. The van der Waals surface area contributed by atoms with E-state index in [9.17, 15) is 4.79 Å². The van der Waals surface area contributed by atoms with Gasteiger partial charge in [-0.25, -0.2) is 0 Å². The zero-order chi connectivity index (χ0) is 24.0. The molecule has 0 spiro atoms. The normalized spacial score (nSPS) is 19.7. The molecule has 1 unspecified atom stereocenters. The molecule has 4 nitrogen and oxygen atoms in total. The lowest BCUT2D eigenvalue weighted by Gasteiger charge is -2.32. The topological polar surface area (TPSA) is 35.9 Å². The Balaban J connectivity index is 1.47. The number of hydrogen-bond acceptors (Lipinski definition) is 3. The van der Waals surface area contributed by atoms with E-state index in [1.807, 2.05) is 23.1 Å². The first-order valence-corrected chi connectivity index (χ1v) is 12.2. The highest BCUT2D eigenvalue weighted by Gasteiger charge is 2.30. The number of anilines is 1. The van der Waals surface area contributed by atoms with E-state index in [1.165, 1.54) is 16.7 Å². The lowest BCUT2D eigenvalue weighted by Crippen LogP contribution is -2.36. The van der Waals surface area contributed by atoms with Crippen molar-refractivity contribution in [2.45, 2.75) is 58.9 Å². The zero-order valence-electron chi connectivity index (χ0n) is 20.8. The number of fused-ring (bicyclic) bond motifs is 2. The van der Waals surface area contributed by atoms with Crippen molar-refractivity contribution in [3.05, 3.63) is 94.8 Å². The van der Waals surface area contributed by atoms with Crippen LogP contribution in [0.4, 0.5) is 5.69 Å². The highest BCUT2D eigenvalue weighted by Crippen LogP contribution is 2.37. The van der Waals surface area contributed by atoms with Crippen molar-refractivity contribution in [2.75, 3.05) is 11.4 Å². The minimum absolute atomic E-state index is 0.0601. The molecule has 0 N–H and O–H groups in total. The van der Waals surface area contributed by atoms with Crippen molar-refractivity contribution in [2.24, 2.45) is 4.99 Å². The molecule has 2 aromatic carbocycles. The summed E-state index contributed by atoms with van der Waals surface area (Å²) >= 11 is 0. The first-order valence-electron chi connectivity index (χ1n) is 12.2. The third kappa shape index (κ3) is 3.91. The van der Waals surface area contributed by atoms with Crippen molar-refractivity contribution in [3.63, 3.8) is 0 Å². The summed E-state index contributed by atoms with van der Waals surface area (Å²) in [4.78, 5) is 22.6. The smallest absolute Gasteiger partial charge is 0.258 e. The maximum atomic E-state index is 13.4. The van der Waals surface area contributed by atoms with Crippen molar-refractivity contribution in [1.82, 2.24) is 4.90 Å². The molecule has 0 aromatic heterocycles. The number of allylic oxidation sites excluding steroid dienone is 2. The molecule has 1 amide bonds. The van der Waals surface area contributed by atoms with Gasteiger partial charge in [0.1, 0.15) is 0 Å². The number of benzene rings is 2. The van der Waals surface area contributed by atoms with Gasteiger partial charge in [-0.3, -0.25) is 9.79 Å². The largest absolute Gasteiger partial charge is 0.340 e. The summed E-state index contributed by atoms with van der Waals surface area (Å²) in [5, 5.41) is 0. The van der Waals surface area contributed by atoms with E-state index in [-0.39, 0.29) is 17.4 Å². The van der Waals surface area contributed by atoms with Gasteiger partial charge in [-0.2, -0.15) is 0 Å². The third-order valence-electron chi connectivity index (χ3n) is 7.09. The molecule has 0 bridgehead atoms. The molecule has 3 aliphatic heterocycles. The average Bonchev–Trinajstić information content (AvgIpc) is 3.15. The molecular formula is C30H33N3O. The molecule has 0 radical (unpaired) electrons. The summed E-state index contributed by atoms with van der Waals surface area (Å²) in [6.45, 7) is 11.5. The van der Waals surface area contributed by atoms with E-state index in [4.69, 9.17) is 4.99 Å². The Morgan fingerprint density at radius 1 is 1.06 bits per heavy atom. The molecule has 4 heteroatoms. The molecule has 174 valence electrons. The van der Waals surface area contributed by atoms with Crippen LogP contribution in [-0.4, -0.2) is 29.1 Å². The van der Waals surface area contributed by atoms with Gasteiger partial charge in [-0.1, -0.05) is 57.2 Å². The molecule has 0 fully saturated rings. The number of hydrogen-bond donors (Lipinski definition) is 0. The van der Waals surface area contributed by atoms with Gasteiger partial charge in [-0.05, 0) is 67.0 Å². The van der Waals surface area contributed by atoms with Crippen molar-refractivity contribution in [1.29, 1.82) is 0 Å². The molecule has 0 aliphatic carbocycles. The number of nitrogens with zero attached hydrogens (tertiary/aromatic N) is 3. The molecule has 34 heavy (non-hydrogen) atoms. The number of carbonyl (C=O) groups excluding carboxylic acids is 1. The van der Waals surface area contributed by atoms with Crippen LogP contribution in [0.5, 0.6) is 0 Å². The van der Waals surface area contributed by atoms with Crippen LogP contribution in [0.15, 0.2) is 77.6 Å². The molecule has 0 saturated heterocycles. The number of carbonyl (C=O) groups is 1. The maximum Gasteiger partial charge on any atom is 0.258 e. The van der Waals surface area contributed by atoms with E-state index in [1.54, 1.807) is 0 Å². The molecule has 2 aromatic rings. The summed E-state index contributed by atoms with van der Waals surface area (Å²) in [6, 6.07) is 14.5. The number of aliphatic imine (C=N–C) groups is 1. The van der Waals surface area contributed by atoms with Crippen LogP contribution in [-0.2, 0) is 11.8 Å². The SMILES string of the molecule is CC1=CCC=CN2C=C(c3cccc4c3CCN4C(=O)c3ccc(C(C)(C)C)cc3)N=C(C)C12. The van der Waals surface area contributed by atoms with Crippen molar-refractivity contribution in [3.8, 4) is 0 Å². The monoisotopic (exact) mass is 451 g/mol. The van der Waals surface area contributed by atoms with Gasteiger partial charge >= 0.3 is 0 Å². The summed E-state index contributed by atoms with van der Waals surface area (Å²) in [7, 11) is 0. The number of amides is 1. The summed E-state index contributed by atoms with van der Waals surface area (Å²) in [6.07, 6.45) is 10.6. The van der Waals surface area contributed by atoms with E-state index < -0.39 is 0 Å². The van der Waals surface area contributed by atoms with Gasteiger partial charge in [0.2, 0.25) is 0 Å². The molecule has 1 atom stereocenters. The highest BCUT2D eigenvalue weighted by molar-refractivity contribution is 6.08. The van der Waals surface area contributed by atoms with E-state index in [0.29, 0.717) is 6.54 Å². The van der Waals surface area contributed by atoms with Crippen LogP contribution >= 0.6 is 0 Å². The van der Waals surface area contributed by atoms with Crippen LogP contribution < -0.4 is 4.90 Å². The zero-order valence-corrected chi connectivity index (χ0v) is 20.8. The molecular weight excluding hydrogens is 418 g/mol. The predicted molar refractivity (Wildman–Crippen MR) is 141 cm³/mol. The fourth-order valence-electron chi connectivity index (χ4n) is 5.24. The second-order valence-electron chi connectivity index (χ2n) is 10.5. The van der Waals surface area contributed by atoms with Gasteiger partial charge in [0.25, 0.3) is 5.91 Å². The Kier molecular flexibility index (Phi) is 5.55. The Bertz CT molecular complexity index is 1250. The first-order chi connectivity index (χ1) is 16.2. The van der Waals surface area contributed by atoms with Gasteiger partial charge in [0, 0.05) is 41.5 Å². The molecule has 3 heterocycles. The van der Waals surface area contributed by atoms with Gasteiger partial charge in [0.05, 0.1) is 11.7 Å². The summed E-state index contributed by atoms with van der Waals surface area (Å²) < 4.78 is 0. The standard InChI is InChI=1S/C30H33N3O/c1-20-9-6-7-17-32-19-26(31-21(2)28(20)32)24-10-8-11-27-25(24)16-18-33(27)29(34)22-12-14-23(15-13-22)30(3,4)5/h7-15,17,19,28H,6,16,18H2,1-5H3. The van der Waals surface area contributed by atoms with Crippen LogP contribution in [0, 0.1) is 0 Å². The van der Waals surface area contributed by atoms with Crippen LogP contribution in [0.1, 0.15) is 68.1 Å². The second kappa shape index (κ2) is 8.43. The minimum atomic E-state index is 0.0601. The number of rotatable bonds is 2. The highest BCUT2D eigenvalue weighted by atomic mass is 16.2. The van der Waals surface area contributed by atoms with Crippen LogP contribution in [0.25, 0.3) is 5.70 Å². The third-order valence-corrected chi connectivity index (χ3v) is 7.09. The molecule has 3 aliphatic rings. The van der Waals surface area contributed by atoms with E-state index in [0.717, 1.165) is 41.1 Å². The van der Waals surface area contributed by atoms with Crippen molar-refractivity contribution >= 4 is 23.0 Å². The van der Waals surface area contributed by atoms with Gasteiger partial charge in [0.15, 0.2) is 0 Å². The Morgan fingerprint density at radius 2 is 1.82 bits per heavy atom. The quantitative estimate of drug-likeness (QED) is 0.489. The lowest BCUT2D eigenvalue weighted by molar-refractivity contribution is 0.0989. The Labute approximate surface area is 203 Å². The summed E-state index contributed by atoms with van der Waals surface area (Å²) in [5.41, 5.74) is 8.75. The van der Waals surface area contributed by atoms with Crippen LogP contribution in [0.2, 0.25) is 0 Å². The fraction of sp³-hybridized carbons (Fsp3) is 0.333. The first kappa shape index (κ1) is 22.4. The second-order valence-corrected chi connectivity index (χ2v) is 10.5. The molecule has 5 rings (SSSR count). The predicted octanol–water partition coefficient (Wildman–Crippen LogP) is 6.49. The maximum absolute atomic E-state index is 13.4. The Morgan fingerprint density at radius 3 is 2.56 bits per heavy atom. The van der Waals surface area contributed by atoms with Gasteiger partial charge in [-0.15, -0.1) is 0 Å². The fourth-order valence-corrected chi connectivity index (χ4v) is 5.24. The van der Waals surface area contributed by atoms with Crippen LogP contribution in [0.3, 0.4) is 0 Å². The average molecular weight is 452 g/mol. The summed E-state index contributed by atoms with van der Waals surface area (Å²) in [5.74, 6) is 0.0601. The van der Waals surface area contributed by atoms with E-state index in [2.05, 4.69) is 88.3 Å². The van der Waals surface area contributed by atoms with Crippen molar-refractivity contribution < 1.29 is 4.79 Å². The van der Waals surface area contributed by atoms with Gasteiger partial charge < -0.3 is 9.80 Å². The minimum Gasteiger partial charge on any atom is -0.340 e. The van der Waals surface area contributed by atoms with E-state index >= 15 is 0 Å². The molecule has 0 saturated carbocycles.